The lowest BCUT2D eigenvalue weighted by molar-refractivity contribution is -0.577. The molecule has 1 aromatic heterocycles. The van der Waals surface area contributed by atoms with Crippen LogP contribution in [0.5, 0.6) is 0 Å². The van der Waals surface area contributed by atoms with Gasteiger partial charge in [0, 0.05) is 18.3 Å². The van der Waals surface area contributed by atoms with Gasteiger partial charge in [-0.15, -0.1) is 5.10 Å². The predicted octanol–water partition coefficient (Wildman–Crippen LogP) is 2.29. The van der Waals surface area contributed by atoms with E-state index >= 15 is 0 Å². The molecule has 5 heterocycles. The molecule has 0 amide bonds. The van der Waals surface area contributed by atoms with Crippen molar-refractivity contribution in [2.75, 3.05) is 13.7 Å². The number of ether oxygens (including phenoxy) is 4. The van der Waals surface area contributed by atoms with Crippen LogP contribution in [0.3, 0.4) is 0 Å². The zero-order chi connectivity index (χ0) is 21.8. The first kappa shape index (κ1) is 21.3. The standard InChI is InChI=1S/C21H31N3O7/c1-12-5-6-15-13(2)18(27-10-9-24-11-16(22-23-24)17(25)26-4)28-19-21(15)14(12)7-8-20(3,29-19)30-31-21/h11-15,18-19H,5-10H2,1-4H3/t12-,13-,14+,15?,18+,19?,20+,21-/m1/s1. The second-order valence-corrected chi connectivity index (χ2v) is 9.50. The summed E-state index contributed by atoms with van der Waals surface area (Å²) < 4.78 is 25.1. The molecule has 1 aromatic rings. The van der Waals surface area contributed by atoms with E-state index in [-0.39, 0.29) is 17.5 Å². The zero-order valence-corrected chi connectivity index (χ0v) is 18.5. The van der Waals surface area contributed by atoms with Gasteiger partial charge in [-0.05, 0) is 38.0 Å². The van der Waals surface area contributed by atoms with Crippen molar-refractivity contribution in [3.05, 3.63) is 11.9 Å². The fraction of sp³-hybridized carbons (Fsp3) is 0.857. The Morgan fingerprint density at radius 1 is 1.26 bits per heavy atom. The number of esters is 1. The summed E-state index contributed by atoms with van der Waals surface area (Å²) >= 11 is 0. The van der Waals surface area contributed by atoms with Gasteiger partial charge in [0.25, 0.3) is 0 Å². The van der Waals surface area contributed by atoms with Crippen LogP contribution in [0.1, 0.15) is 56.9 Å². The fourth-order valence-electron chi connectivity index (χ4n) is 5.93. The molecule has 0 radical (unpaired) electrons. The number of aromatic nitrogens is 3. The van der Waals surface area contributed by atoms with Crippen molar-refractivity contribution < 1.29 is 33.5 Å². The largest absolute Gasteiger partial charge is 0.464 e. The van der Waals surface area contributed by atoms with Crippen molar-refractivity contribution >= 4 is 5.97 Å². The van der Waals surface area contributed by atoms with Crippen LogP contribution in [-0.4, -0.2) is 58.6 Å². The molecule has 10 heteroatoms. The third-order valence-electron chi connectivity index (χ3n) is 7.63. The lowest BCUT2D eigenvalue weighted by Gasteiger charge is -2.60. The van der Waals surface area contributed by atoms with E-state index in [0.717, 1.165) is 25.7 Å². The molecule has 4 aliphatic heterocycles. The van der Waals surface area contributed by atoms with Gasteiger partial charge >= 0.3 is 5.97 Å². The lowest BCUT2D eigenvalue weighted by atomic mass is 9.58. The molecule has 10 nitrogen and oxygen atoms in total. The average molecular weight is 437 g/mol. The second-order valence-electron chi connectivity index (χ2n) is 9.50. The zero-order valence-electron chi connectivity index (χ0n) is 18.5. The molecule has 5 fully saturated rings. The molecule has 1 spiro atoms. The molecule has 172 valence electrons. The van der Waals surface area contributed by atoms with Crippen molar-refractivity contribution in [1.82, 2.24) is 15.0 Å². The Kier molecular flexibility index (Phi) is 5.33. The van der Waals surface area contributed by atoms with Gasteiger partial charge in [0.2, 0.25) is 5.79 Å². The Hall–Kier alpha value is -1.59. The molecule has 2 unspecified atom stereocenters. The summed E-state index contributed by atoms with van der Waals surface area (Å²) in [5, 5.41) is 7.76. The molecule has 1 aliphatic carbocycles. The van der Waals surface area contributed by atoms with Crippen LogP contribution < -0.4 is 0 Å². The van der Waals surface area contributed by atoms with Crippen LogP contribution in [-0.2, 0) is 35.3 Å². The summed E-state index contributed by atoms with van der Waals surface area (Å²) in [4.78, 5) is 23.5. The summed E-state index contributed by atoms with van der Waals surface area (Å²) in [6.07, 6.45) is 4.55. The number of nitrogens with zero attached hydrogens (tertiary/aromatic N) is 3. The minimum atomic E-state index is -0.798. The first-order valence-electron chi connectivity index (χ1n) is 11.2. The van der Waals surface area contributed by atoms with Crippen molar-refractivity contribution in [3.63, 3.8) is 0 Å². The Labute approximate surface area is 181 Å². The van der Waals surface area contributed by atoms with Gasteiger partial charge < -0.3 is 18.9 Å². The number of hydrogen-bond donors (Lipinski definition) is 0. The molecule has 8 atom stereocenters. The maximum atomic E-state index is 11.5. The molecule has 1 saturated carbocycles. The van der Waals surface area contributed by atoms with Crippen molar-refractivity contribution in [2.24, 2.45) is 23.7 Å². The second kappa shape index (κ2) is 7.77. The highest BCUT2D eigenvalue weighted by molar-refractivity contribution is 5.86. The lowest BCUT2D eigenvalue weighted by Crippen LogP contribution is -2.70. The van der Waals surface area contributed by atoms with Crippen molar-refractivity contribution in [2.45, 2.75) is 77.0 Å². The Morgan fingerprint density at radius 2 is 2.10 bits per heavy atom. The van der Waals surface area contributed by atoms with E-state index in [9.17, 15) is 4.79 Å². The molecule has 31 heavy (non-hydrogen) atoms. The quantitative estimate of drug-likeness (QED) is 0.507. The average Bonchev–Trinajstić information content (AvgIpc) is 3.11. The minimum absolute atomic E-state index is 0.113. The highest BCUT2D eigenvalue weighted by Crippen LogP contribution is 2.60. The highest BCUT2D eigenvalue weighted by Gasteiger charge is 2.69. The van der Waals surface area contributed by atoms with Crippen LogP contribution in [0.25, 0.3) is 0 Å². The molecule has 5 aliphatic rings. The molecule has 4 saturated heterocycles. The van der Waals surface area contributed by atoms with Crippen LogP contribution in [0, 0.1) is 23.7 Å². The number of fused-ring (bicyclic) bond motifs is 2. The number of rotatable bonds is 5. The van der Waals surface area contributed by atoms with Crippen molar-refractivity contribution in [1.29, 1.82) is 0 Å². The summed E-state index contributed by atoms with van der Waals surface area (Å²) in [6, 6.07) is 0. The third-order valence-corrected chi connectivity index (χ3v) is 7.63. The topological polar surface area (TPSA) is 103 Å². The molecule has 6 rings (SSSR count). The van der Waals surface area contributed by atoms with E-state index in [1.807, 2.05) is 6.92 Å². The van der Waals surface area contributed by atoms with E-state index in [1.54, 1.807) is 10.9 Å². The van der Waals surface area contributed by atoms with Gasteiger partial charge in [-0.25, -0.2) is 19.3 Å². The first-order chi connectivity index (χ1) is 14.9. The summed E-state index contributed by atoms with van der Waals surface area (Å²) in [5.41, 5.74) is -0.420. The van der Waals surface area contributed by atoms with Gasteiger partial charge in [0.15, 0.2) is 23.9 Å². The maximum Gasteiger partial charge on any atom is 0.360 e. The molecular formula is C21H31N3O7. The van der Waals surface area contributed by atoms with Gasteiger partial charge in [0.1, 0.15) is 0 Å². The molecule has 0 N–H and O–H groups in total. The number of carbonyl (C=O) groups excluding carboxylic acids is 1. The Balaban J connectivity index is 1.29. The van der Waals surface area contributed by atoms with Crippen molar-refractivity contribution in [3.8, 4) is 0 Å². The summed E-state index contributed by atoms with van der Waals surface area (Å²) in [5.74, 6) is -0.126. The van der Waals surface area contributed by atoms with E-state index in [2.05, 4.69) is 28.9 Å². The third kappa shape index (κ3) is 3.39. The summed E-state index contributed by atoms with van der Waals surface area (Å²) in [7, 11) is 1.31. The SMILES string of the molecule is COC(=O)c1cn(CCO[C@H]2OC3O[C@]4(C)CC[C@H]5[C@H](C)CCC([C@H]2C)[C@@]35OO4)nn1. The Morgan fingerprint density at radius 3 is 2.90 bits per heavy atom. The smallest absolute Gasteiger partial charge is 0.360 e. The number of methoxy groups -OCH3 is 1. The first-order valence-corrected chi connectivity index (χ1v) is 11.2. The van der Waals surface area contributed by atoms with Crippen LogP contribution >= 0.6 is 0 Å². The number of carbonyl (C=O) groups is 1. The fourth-order valence-corrected chi connectivity index (χ4v) is 5.93. The van der Waals surface area contributed by atoms with Gasteiger partial charge in [0.05, 0.1) is 26.5 Å². The maximum absolute atomic E-state index is 11.5. The summed E-state index contributed by atoms with van der Waals surface area (Å²) in [6.45, 7) is 7.16. The molecular weight excluding hydrogens is 406 g/mol. The van der Waals surface area contributed by atoms with Crippen LogP contribution in [0.15, 0.2) is 6.20 Å². The van der Waals surface area contributed by atoms with Gasteiger partial charge in [-0.3, -0.25) is 0 Å². The van der Waals surface area contributed by atoms with E-state index in [1.165, 1.54) is 7.11 Å². The minimum Gasteiger partial charge on any atom is -0.464 e. The van der Waals surface area contributed by atoms with Crippen LogP contribution in [0.2, 0.25) is 0 Å². The van der Waals surface area contributed by atoms with Gasteiger partial charge in [-0.2, -0.15) is 0 Å². The normalized spacial score (nSPS) is 43.9. The molecule has 2 bridgehead atoms. The van der Waals surface area contributed by atoms with E-state index in [0.29, 0.717) is 25.0 Å². The number of hydrogen-bond acceptors (Lipinski definition) is 9. The highest BCUT2D eigenvalue weighted by atomic mass is 17.3. The van der Waals surface area contributed by atoms with E-state index < -0.39 is 29.9 Å². The Bertz CT molecular complexity index is 834. The monoisotopic (exact) mass is 437 g/mol. The van der Waals surface area contributed by atoms with Gasteiger partial charge in [-0.1, -0.05) is 19.1 Å². The van der Waals surface area contributed by atoms with E-state index in [4.69, 9.17) is 24.0 Å². The van der Waals surface area contributed by atoms with Crippen LogP contribution in [0.4, 0.5) is 0 Å². The predicted molar refractivity (Wildman–Crippen MR) is 104 cm³/mol. The molecule has 0 aromatic carbocycles.